The van der Waals surface area contributed by atoms with Crippen molar-refractivity contribution in [1.29, 1.82) is 0 Å². The van der Waals surface area contributed by atoms with Crippen LogP contribution in [0.1, 0.15) is 41.5 Å². The summed E-state index contributed by atoms with van der Waals surface area (Å²) in [6.45, 7) is 14.2. The van der Waals surface area contributed by atoms with Gasteiger partial charge in [-0.1, -0.05) is 25.7 Å². The molecule has 2 rings (SSSR count). The summed E-state index contributed by atoms with van der Waals surface area (Å²) in [7, 11) is 0. The second-order valence-electron chi connectivity index (χ2n) is 6.39. The fourth-order valence-corrected chi connectivity index (χ4v) is 8.10. The number of hydrogen-bond donors (Lipinski definition) is 0. The Balaban J connectivity index is 0. The molecule has 0 spiro atoms. The van der Waals surface area contributed by atoms with Gasteiger partial charge in [0.25, 0.3) is 0 Å². The van der Waals surface area contributed by atoms with Crippen molar-refractivity contribution in [3.05, 3.63) is 64.2 Å². The average molecular weight is 417 g/mol. The molecule has 0 N–H and O–H groups in total. The summed E-state index contributed by atoms with van der Waals surface area (Å²) in [5, 5.41) is 0. The van der Waals surface area contributed by atoms with Crippen LogP contribution in [0.2, 0.25) is 6.86 Å². The van der Waals surface area contributed by atoms with E-state index in [-0.39, 0.29) is 38.2 Å². The molecule has 0 aliphatic heterocycles. The van der Waals surface area contributed by atoms with Crippen LogP contribution in [-0.4, -0.2) is 21.1 Å². The first-order valence-electron chi connectivity index (χ1n) is 6.65. The van der Waals surface area contributed by atoms with Crippen LogP contribution in [0.5, 0.6) is 0 Å². The first kappa shape index (κ1) is 23.6. The minimum atomic E-state index is -0.182. The number of rotatable bonds is 0. The standard InChI is InChI=1S/2C5H4.2C4H9.Fe.Sn/c2*1-2-4-5-3-1;2*1-4(2)3;;/h2*1-4H;2*1-3H3;;/q2*-1;;;2*+2. The van der Waals surface area contributed by atoms with Crippen molar-refractivity contribution < 1.29 is 17.1 Å². The Morgan fingerprint density at radius 2 is 0.850 bits per heavy atom. The summed E-state index contributed by atoms with van der Waals surface area (Å²) in [5.74, 6) is 0. The smallest absolute Gasteiger partial charge is 0.474 e. The molecular weight excluding hydrogens is 391 g/mol. The second-order valence-corrected chi connectivity index (χ2v) is 15.7. The summed E-state index contributed by atoms with van der Waals surface area (Å²) < 4.78 is 1.31. The molecule has 2 fully saturated rings. The second kappa shape index (κ2) is 12.8. The molecule has 0 aromatic carbocycles. The summed E-state index contributed by atoms with van der Waals surface area (Å²) in [6, 6.07) is 0. The van der Waals surface area contributed by atoms with E-state index in [4.69, 9.17) is 0 Å². The monoisotopic (exact) mass is 418 g/mol. The zero-order chi connectivity index (χ0) is 14.8. The summed E-state index contributed by atoms with van der Waals surface area (Å²) in [6.07, 6.45) is 21.0. The van der Waals surface area contributed by atoms with Gasteiger partial charge in [-0.2, -0.15) is 0 Å². The summed E-state index contributed by atoms with van der Waals surface area (Å²) >= 11 is -0.182. The molecular formula is C18H26FeSn+2. The van der Waals surface area contributed by atoms with Crippen molar-refractivity contribution in [2.24, 2.45) is 0 Å². The zero-order valence-corrected chi connectivity index (χ0v) is 17.4. The van der Waals surface area contributed by atoms with Crippen LogP contribution in [0.4, 0.5) is 0 Å². The van der Waals surface area contributed by atoms with Crippen molar-refractivity contribution in [3.63, 3.8) is 0 Å². The Kier molecular flexibility index (Phi) is 15.1. The molecule has 20 heavy (non-hydrogen) atoms. The van der Waals surface area contributed by atoms with Gasteiger partial charge in [0.15, 0.2) is 0 Å². The molecule has 10 radical (unpaired) electrons. The Morgan fingerprint density at radius 3 is 0.900 bits per heavy atom. The fourth-order valence-electron chi connectivity index (χ4n) is 1.68. The van der Waals surface area contributed by atoms with Crippen LogP contribution in [0.15, 0.2) is 0 Å². The van der Waals surface area contributed by atoms with Crippen molar-refractivity contribution in [3.8, 4) is 0 Å². The van der Waals surface area contributed by atoms with Crippen molar-refractivity contribution >= 4 is 21.1 Å². The molecule has 0 aromatic rings. The van der Waals surface area contributed by atoms with Gasteiger partial charge in [-0.3, -0.25) is 0 Å². The maximum atomic E-state index is 2.86. The SMILES string of the molecule is C[C](C)(C)[Sn+2][C](C)(C)C.[C-]1[CH][CH][CH][CH]1.[C-]1[CH][CH][CH][CH]1.[Fe+2]. The molecule has 0 atom stereocenters. The predicted molar refractivity (Wildman–Crippen MR) is 86.1 cm³/mol. The van der Waals surface area contributed by atoms with Crippen molar-refractivity contribution in [2.45, 2.75) is 48.4 Å². The minimum absolute atomic E-state index is 0. The topological polar surface area (TPSA) is 0 Å². The van der Waals surface area contributed by atoms with Crippen molar-refractivity contribution in [1.82, 2.24) is 0 Å². The van der Waals surface area contributed by atoms with E-state index in [9.17, 15) is 0 Å². The van der Waals surface area contributed by atoms with Gasteiger partial charge in [-0.05, 0) is 0 Å². The van der Waals surface area contributed by atoms with Crippen LogP contribution in [0.3, 0.4) is 0 Å². The van der Waals surface area contributed by atoms with Crippen LogP contribution in [0, 0.1) is 64.2 Å². The van der Waals surface area contributed by atoms with Crippen molar-refractivity contribution in [2.75, 3.05) is 0 Å². The van der Waals surface area contributed by atoms with E-state index in [1.54, 1.807) is 0 Å². The first-order valence-corrected chi connectivity index (χ1v) is 9.51. The van der Waals surface area contributed by atoms with E-state index in [1.165, 1.54) is 0 Å². The average Bonchev–Trinajstić information content (AvgIpc) is 2.93. The minimum Gasteiger partial charge on any atom is -0.474 e. The number of hydrogen-bond acceptors (Lipinski definition) is 0. The van der Waals surface area contributed by atoms with Gasteiger partial charge in [0.2, 0.25) is 0 Å². The van der Waals surface area contributed by atoms with Gasteiger partial charge < -0.3 is 12.8 Å². The van der Waals surface area contributed by atoms with Crippen LogP contribution in [-0.2, 0) is 17.1 Å². The maximum Gasteiger partial charge on any atom is 2.00 e. The molecule has 0 aromatic heterocycles. The van der Waals surface area contributed by atoms with Crippen LogP contribution >= 0.6 is 0 Å². The fraction of sp³-hybridized carbons (Fsp3) is 0.444. The van der Waals surface area contributed by atoms with E-state index in [2.05, 4.69) is 54.4 Å². The van der Waals surface area contributed by atoms with Gasteiger partial charge in [0.1, 0.15) is 0 Å². The summed E-state index contributed by atoms with van der Waals surface area (Å²) in [4.78, 5) is 0. The molecule has 0 amide bonds. The Hall–Kier alpha value is 1.32. The third-order valence-corrected chi connectivity index (χ3v) is 6.02. The Labute approximate surface area is 150 Å². The van der Waals surface area contributed by atoms with Gasteiger partial charge in [0.05, 0.1) is 0 Å². The maximum absolute atomic E-state index is 2.86. The molecule has 2 aliphatic carbocycles. The molecule has 2 heteroatoms. The predicted octanol–water partition coefficient (Wildman–Crippen LogP) is 4.92. The van der Waals surface area contributed by atoms with Gasteiger partial charge in [-0.15, -0.1) is 0 Å². The Bertz CT molecular complexity index is 155. The van der Waals surface area contributed by atoms with Gasteiger partial charge in [0, 0.05) is 0 Å². The first-order chi connectivity index (χ1) is 8.71. The molecule has 0 nitrogen and oxygen atoms in total. The molecule has 0 saturated heterocycles. The summed E-state index contributed by atoms with van der Waals surface area (Å²) in [5.41, 5.74) is 0. The molecule has 0 heterocycles. The Morgan fingerprint density at radius 1 is 0.600 bits per heavy atom. The molecule has 108 valence electrons. The largest absolute Gasteiger partial charge is 2.00 e. The zero-order valence-electron chi connectivity index (χ0n) is 13.5. The van der Waals surface area contributed by atoms with E-state index in [0.717, 1.165) is 0 Å². The molecule has 2 aliphatic rings. The van der Waals surface area contributed by atoms with Crippen LogP contribution in [0.25, 0.3) is 0 Å². The molecule has 0 unspecified atom stereocenters. The normalized spacial score (nSPS) is 17.9. The molecule has 2 saturated carbocycles. The van der Waals surface area contributed by atoms with Crippen LogP contribution < -0.4 is 0 Å². The van der Waals surface area contributed by atoms with E-state index < -0.39 is 0 Å². The molecule has 0 bridgehead atoms. The quantitative estimate of drug-likeness (QED) is 0.388. The van der Waals surface area contributed by atoms with E-state index in [1.807, 2.05) is 51.4 Å². The van der Waals surface area contributed by atoms with Gasteiger partial charge >= 0.3 is 86.6 Å². The third kappa shape index (κ3) is 21.6. The third-order valence-electron chi connectivity index (χ3n) is 1.74. The van der Waals surface area contributed by atoms with Gasteiger partial charge in [-0.25, -0.2) is 25.7 Å². The van der Waals surface area contributed by atoms with E-state index in [0.29, 0.717) is 6.86 Å². The van der Waals surface area contributed by atoms with E-state index >= 15 is 0 Å².